The van der Waals surface area contributed by atoms with Gasteiger partial charge in [0, 0.05) is 101 Å². The molecule has 3 heterocycles. The first kappa shape index (κ1) is 81.9. The molecule has 0 aliphatic carbocycles. The van der Waals surface area contributed by atoms with E-state index in [9.17, 15) is 41.9 Å². The van der Waals surface area contributed by atoms with Gasteiger partial charge in [0.2, 0.25) is 0 Å². The maximum Gasteiger partial charge on any atom is 0.573 e. The molecular weight excluding hydrogens is 1460 g/mol. The normalized spacial score (nSPS) is 12.8. The molecule has 0 bridgehead atoms. The fraction of sp³-hybridized carbons (Fsp3) is 0.289. The number of esters is 5. The summed E-state index contributed by atoms with van der Waals surface area (Å²) in [6, 6.07) is 50.6. The fourth-order valence-electron chi connectivity index (χ4n) is 12.1. The van der Waals surface area contributed by atoms with E-state index in [1.54, 1.807) is 84.9 Å². The molecule has 26 nitrogen and oxygen atoms in total. The minimum Gasteiger partial charge on any atom is -0.496 e. The van der Waals surface area contributed by atoms with Crippen molar-refractivity contribution in [3.8, 4) is 73.6 Å². The number of rotatable bonds is 34. The van der Waals surface area contributed by atoms with Crippen LogP contribution in [-0.4, -0.2) is 189 Å². The second-order valence-electron chi connectivity index (χ2n) is 25.3. The van der Waals surface area contributed by atoms with Gasteiger partial charge in [0.1, 0.15) is 64.8 Å². The van der Waals surface area contributed by atoms with Crippen LogP contribution >= 0.6 is 0 Å². The summed E-state index contributed by atoms with van der Waals surface area (Å²) in [6.07, 6.45) is -4.15. The number of nitrogens with one attached hydrogen (secondary N) is 1. The Labute approximate surface area is 644 Å². The van der Waals surface area contributed by atoms with Gasteiger partial charge in [-0.1, -0.05) is 72.8 Å². The highest BCUT2D eigenvalue weighted by atomic mass is 19.4. The Morgan fingerprint density at radius 2 is 0.911 bits per heavy atom. The van der Waals surface area contributed by atoms with E-state index in [0.29, 0.717) is 126 Å². The van der Waals surface area contributed by atoms with Crippen molar-refractivity contribution >= 4 is 47.8 Å². The SMILES string of the molecule is COC(=O)c1cc(CN2CCN(Cc3cc(-c4ccc(OCC(=O)OCc5ccccc5)cc4OC)cc(C(=O)OC)n3)CCN(Cc3cc(-c4c(OC)cc(OCC(=O)NCCc5ccc(N=COC(F)(F)F)cc5)cc4OC)cc(C(=O)OC)n3)CC2)cc(-c2ccc(OCC(=O)OCc3ccccc3)cc2OC)c1. The third-order valence-electron chi connectivity index (χ3n) is 17.7. The number of aromatic nitrogens is 2. The van der Waals surface area contributed by atoms with Crippen LogP contribution in [0.4, 0.5) is 18.9 Å². The Hall–Kier alpha value is -12.6. The van der Waals surface area contributed by atoms with Gasteiger partial charge in [-0.3, -0.25) is 19.5 Å². The van der Waals surface area contributed by atoms with E-state index in [1.165, 1.54) is 61.9 Å². The van der Waals surface area contributed by atoms with Crippen molar-refractivity contribution in [2.75, 3.05) is 115 Å². The molecule has 1 aliphatic rings. The number of hydrogen-bond donors (Lipinski definition) is 1. The average Bonchev–Trinajstić information content (AvgIpc) is 0.828. The molecule has 1 amide bonds. The standard InChI is InChI=1S/C83H84F3N7O19/c1-100-72-41-65(108-51-77(95)110-48-55-14-10-8-11-15-55)22-24-68(72)58-34-57(35-61(36-58)80(97)104-5)45-91-28-30-92(46-63-37-59(39-70(89-63)81(98)105-6)69-25-23-66(42-73(69)101-2)109-52-78(96)111-49-56-16-12-9-13-17-56)32-33-93(31-29-91)47-64-38-60(40-71(90-64)82(99)106-7)79-74(102-3)43-67(44-75(79)103-4)107-50-76(94)87-27-26-54-18-20-62(21-19-54)88-53-112-83(84,85)86/h8-25,34-44,53H,26-33,45-52H2,1-7H3,(H,87,94). The third kappa shape index (κ3) is 24.0. The molecule has 1 saturated heterocycles. The van der Waals surface area contributed by atoms with Crippen molar-refractivity contribution in [2.24, 2.45) is 4.99 Å². The van der Waals surface area contributed by atoms with E-state index in [4.69, 9.17) is 66.8 Å². The number of hydrogen-bond acceptors (Lipinski definition) is 25. The summed E-state index contributed by atoms with van der Waals surface area (Å²) in [7, 11) is 9.73. The first-order valence-corrected chi connectivity index (χ1v) is 35.3. The number of carbonyl (C=O) groups is 6. The number of carbonyl (C=O) groups excluding carboxylic acids is 6. The molecule has 0 radical (unpaired) electrons. The van der Waals surface area contributed by atoms with Crippen LogP contribution in [-0.2, 0) is 82.1 Å². The Bertz CT molecular complexity index is 4550. The number of halogens is 3. The van der Waals surface area contributed by atoms with Crippen LogP contribution in [0.3, 0.4) is 0 Å². The van der Waals surface area contributed by atoms with Crippen LogP contribution < -0.4 is 38.5 Å². The fourth-order valence-corrected chi connectivity index (χ4v) is 12.1. The zero-order valence-corrected chi connectivity index (χ0v) is 62.7. The zero-order chi connectivity index (χ0) is 79.5. The highest BCUT2D eigenvalue weighted by Gasteiger charge is 2.30. The van der Waals surface area contributed by atoms with Gasteiger partial charge in [0.25, 0.3) is 5.91 Å². The number of alkyl halides is 3. The summed E-state index contributed by atoms with van der Waals surface area (Å²) >= 11 is 0. The number of pyridine rings is 2. The molecule has 112 heavy (non-hydrogen) atoms. The van der Waals surface area contributed by atoms with Gasteiger partial charge in [-0.25, -0.2) is 38.9 Å². The maximum atomic E-state index is 13.7. The average molecular weight is 1540 g/mol. The smallest absolute Gasteiger partial charge is 0.496 e. The van der Waals surface area contributed by atoms with E-state index < -0.39 is 48.7 Å². The summed E-state index contributed by atoms with van der Waals surface area (Å²) in [5, 5.41) is 2.79. The predicted octanol–water partition coefficient (Wildman–Crippen LogP) is 11.9. The van der Waals surface area contributed by atoms with E-state index in [-0.39, 0.29) is 85.9 Å². The summed E-state index contributed by atoms with van der Waals surface area (Å²) in [6.45, 7) is 2.72. The lowest BCUT2D eigenvalue weighted by molar-refractivity contribution is -0.280. The summed E-state index contributed by atoms with van der Waals surface area (Å²) < 4.78 is 109. The van der Waals surface area contributed by atoms with Crippen molar-refractivity contribution in [1.29, 1.82) is 0 Å². The lowest BCUT2D eigenvalue weighted by atomic mass is 9.98. The molecule has 1 N–H and O–H groups in total. The third-order valence-corrected chi connectivity index (χ3v) is 17.7. The molecule has 0 saturated carbocycles. The molecule has 7 aromatic carbocycles. The van der Waals surface area contributed by atoms with Crippen molar-refractivity contribution in [3.63, 3.8) is 0 Å². The van der Waals surface area contributed by atoms with Gasteiger partial charge >= 0.3 is 36.2 Å². The van der Waals surface area contributed by atoms with E-state index in [1.807, 2.05) is 78.9 Å². The first-order chi connectivity index (χ1) is 54.2. The lowest BCUT2D eigenvalue weighted by Gasteiger charge is -2.26. The summed E-state index contributed by atoms with van der Waals surface area (Å²) in [5.41, 5.74) is 7.98. The zero-order valence-electron chi connectivity index (χ0n) is 62.7. The van der Waals surface area contributed by atoms with E-state index in [0.717, 1.165) is 22.3 Å². The van der Waals surface area contributed by atoms with Crippen molar-refractivity contribution in [3.05, 3.63) is 227 Å². The quantitative estimate of drug-likeness (QED) is 0.0170. The second kappa shape index (κ2) is 40.2. The van der Waals surface area contributed by atoms with E-state index >= 15 is 0 Å². The van der Waals surface area contributed by atoms with Gasteiger partial charge in [-0.15, -0.1) is 13.2 Å². The molecule has 1 aliphatic heterocycles. The topological polar surface area (TPSA) is 282 Å². The van der Waals surface area contributed by atoms with E-state index in [2.05, 4.69) is 29.7 Å². The summed E-state index contributed by atoms with van der Waals surface area (Å²) in [4.78, 5) is 99.5. The molecule has 0 spiro atoms. The van der Waals surface area contributed by atoms with Gasteiger partial charge in [-0.2, -0.15) is 0 Å². The molecule has 586 valence electrons. The number of benzene rings is 7. The highest BCUT2D eigenvalue weighted by molar-refractivity contribution is 5.93. The number of ether oxygens (including phenoxy) is 13. The molecule has 1 fully saturated rings. The highest BCUT2D eigenvalue weighted by Crippen LogP contribution is 2.43. The Kier molecular flexibility index (Phi) is 29.4. The minimum atomic E-state index is -4.85. The van der Waals surface area contributed by atoms with Crippen LogP contribution in [0.1, 0.15) is 65.0 Å². The summed E-state index contributed by atoms with van der Waals surface area (Å²) in [5.74, 6) is -1.37. The Morgan fingerprint density at radius 3 is 1.39 bits per heavy atom. The Balaban J connectivity index is 0.920. The maximum absolute atomic E-state index is 13.7. The van der Waals surface area contributed by atoms with Crippen LogP contribution in [0.2, 0.25) is 0 Å². The predicted molar refractivity (Wildman–Crippen MR) is 405 cm³/mol. The minimum absolute atomic E-state index is 0.0201. The molecule has 0 unspecified atom stereocenters. The number of methoxy groups -OCH3 is 7. The van der Waals surface area contributed by atoms with Gasteiger partial charge in [-0.05, 0) is 124 Å². The van der Waals surface area contributed by atoms with Gasteiger partial charge < -0.3 is 66.9 Å². The van der Waals surface area contributed by atoms with Crippen molar-refractivity contribution < 1.29 is 104 Å². The Morgan fingerprint density at radius 1 is 0.455 bits per heavy atom. The lowest BCUT2D eigenvalue weighted by Crippen LogP contribution is -2.36. The van der Waals surface area contributed by atoms with Crippen LogP contribution in [0, 0.1) is 0 Å². The molecule has 0 atom stereocenters. The van der Waals surface area contributed by atoms with Gasteiger partial charge in [0.15, 0.2) is 26.2 Å². The molecule has 10 rings (SSSR count). The van der Waals surface area contributed by atoms with Crippen LogP contribution in [0.25, 0.3) is 33.4 Å². The van der Waals surface area contributed by atoms with Crippen molar-refractivity contribution in [2.45, 2.75) is 45.6 Å². The van der Waals surface area contributed by atoms with Gasteiger partial charge in [0.05, 0.1) is 78.0 Å². The molecular formula is C83H84F3N7O19. The first-order valence-electron chi connectivity index (χ1n) is 35.3. The number of amides is 1. The molecule has 2 aromatic heterocycles. The molecule has 29 heteroatoms. The van der Waals surface area contributed by atoms with Crippen molar-refractivity contribution in [1.82, 2.24) is 30.0 Å². The van der Waals surface area contributed by atoms with Crippen LogP contribution in [0.5, 0.6) is 40.2 Å². The monoisotopic (exact) mass is 1540 g/mol. The largest absolute Gasteiger partial charge is 0.573 e. The molecule has 9 aromatic rings. The second-order valence-corrected chi connectivity index (χ2v) is 25.3. The number of nitrogens with zero attached hydrogens (tertiary/aromatic N) is 6. The number of aliphatic imine (C=N–C) groups is 1. The van der Waals surface area contributed by atoms with Crippen LogP contribution in [0.15, 0.2) is 181 Å².